The quantitative estimate of drug-likeness (QED) is 0.861. The molecule has 2 aromatic rings. The van der Waals surface area contributed by atoms with E-state index in [9.17, 15) is 0 Å². The van der Waals surface area contributed by atoms with Crippen molar-refractivity contribution in [1.29, 1.82) is 0 Å². The van der Waals surface area contributed by atoms with Crippen LogP contribution in [0.25, 0.3) is 11.0 Å². The van der Waals surface area contributed by atoms with Gasteiger partial charge >= 0.3 is 0 Å². The number of benzene rings is 1. The summed E-state index contributed by atoms with van der Waals surface area (Å²) in [6.07, 6.45) is 4.01. The third kappa shape index (κ3) is 2.59. The fourth-order valence-electron chi connectivity index (χ4n) is 5.45. The zero-order chi connectivity index (χ0) is 16.4. The van der Waals surface area contributed by atoms with Gasteiger partial charge in [-0.1, -0.05) is 26.8 Å². The number of aryl methyl sites for hydroxylation is 1. The van der Waals surface area contributed by atoms with Crippen LogP contribution in [0.1, 0.15) is 64.4 Å². The molecule has 3 atom stereocenters. The van der Waals surface area contributed by atoms with E-state index in [4.69, 9.17) is 4.98 Å². The topological polar surface area (TPSA) is 31.9 Å². The van der Waals surface area contributed by atoms with Crippen molar-refractivity contribution in [3.8, 4) is 0 Å². The molecule has 0 spiro atoms. The molecule has 1 N–H and O–H groups in total. The van der Waals surface area contributed by atoms with Crippen molar-refractivity contribution in [2.75, 3.05) is 6.54 Å². The second kappa shape index (κ2) is 4.83. The van der Waals surface area contributed by atoms with Crippen LogP contribution in [0.2, 0.25) is 0 Å². The molecule has 2 fully saturated rings. The van der Waals surface area contributed by atoms with Gasteiger partial charge in [-0.25, -0.2) is 4.98 Å². The molecule has 3 heteroatoms. The maximum atomic E-state index is 4.87. The van der Waals surface area contributed by atoms with E-state index in [2.05, 4.69) is 62.7 Å². The van der Waals surface area contributed by atoms with Gasteiger partial charge in [-0.2, -0.15) is 0 Å². The van der Waals surface area contributed by atoms with E-state index in [1.54, 1.807) is 0 Å². The first kappa shape index (κ1) is 15.2. The van der Waals surface area contributed by atoms with Crippen LogP contribution in [-0.2, 0) is 0 Å². The molecule has 1 aromatic carbocycles. The molecule has 0 amide bonds. The summed E-state index contributed by atoms with van der Waals surface area (Å²) in [6, 6.07) is 7.54. The summed E-state index contributed by atoms with van der Waals surface area (Å²) in [7, 11) is 0. The van der Waals surface area contributed by atoms with Gasteiger partial charge < -0.3 is 4.98 Å². The SMILES string of the molecule is Cc1ccc2nc(C(C)N3CC4(C)CC3CC(C)(C)C4)[nH]c2c1. The predicted octanol–water partition coefficient (Wildman–Crippen LogP) is 4.83. The molecule has 1 aliphatic heterocycles. The van der Waals surface area contributed by atoms with Crippen molar-refractivity contribution < 1.29 is 0 Å². The predicted molar refractivity (Wildman–Crippen MR) is 95.5 cm³/mol. The molecule has 23 heavy (non-hydrogen) atoms. The van der Waals surface area contributed by atoms with E-state index in [1.165, 1.54) is 36.9 Å². The zero-order valence-electron chi connectivity index (χ0n) is 15.1. The number of hydrogen-bond donors (Lipinski definition) is 1. The van der Waals surface area contributed by atoms with E-state index < -0.39 is 0 Å². The van der Waals surface area contributed by atoms with Crippen molar-refractivity contribution in [2.45, 2.75) is 66.0 Å². The van der Waals surface area contributed by atoms with Crippen molar-refractivity contribution in [3.63, 3.8) is 0 Å². The Morgan fingerprint density at radius 2 is 2.04 bits per heavy atom. The molecule has 2 heterocycles. The van der Waals surface area contributed by atoms with Crippen molar-refractivity contribution in [2.24, 2.45) is 10.8 Å². The largest absolute Gasteiger partial charge is 0.341 e. The molecular weight excluding hydrogens is 282 g/mol. The molecule has 0 radical (unpaired) electrons. The minimum Gasteiger partial charge on any atom is -0.341 e. The van der Waals surface area contributed by atoms with Crippen LogP contribution < -0.4 is 0 Å². The zero-order valence-corrected chi connectivity index (χ0v) is 15.1. The maximum absolute atomic E-state index is 4.87. The Morgan fingerprint density at radius 3 is 2.83 bits per heavy atom. The van der Waals surface area contributed by atoms with Crippen molar-refractivity contribution >= 4 is 11.0 Å². The molecule has 2 aliphatic rings. The van der Waals surface area contributed by atoms with Crippen LogP contribution in [0.4, 0.5) is 0 Å². The Kier molecular flexibility index (Phi) is 3.19. The summed E-state index contributed by atoms with van der Waals surface area (Å²) in [6.45, 7) is 13.0. The van der Waals surface area contributed by atoms with E-state index >= 15 is 0 Å². The van der Waals surface area contributed by atoms with Gasteiger partial charge in [0.15, 0.2) is 0 Å². The van der Waals surface area contributed by atoms with Gasteiger partial charge in [-0.15, -0.1) is 0 Å². The summed E-state index contributed by atoms with van der Waals surface area (Å²) in [5, 5.41) is 0. The van der Waals surface area contributed by atoms with Crippen molar-refractivity contribution in [3.05, 3.63) is 29.6 Å². The van der Waals surface area contributed by atoms with Crippen LogP contribution in [0.15, 0.2) is 18.2 Å². The summed E-state index contributed by atoms with van der Waals surface area (Å²) in [4.78, 5) is 11.2. The Bertz CT molecular complexity index is 744. The van der Waals surface area contributed by atoms with E-state index in [0.29, 0.717) is 22.9 Å². The molecule has 3 unspecified atom stereocenters. The first-order chi connectivity index (χ1) is 10.7. The number of rotatable bonds is 2. The van der Waals surface area contributed by atoms with Gasteiger partial charge in [0.1, 0.15) is 5.82 Å². The highest BCUT2D eigenvalue weighted by atomic mass is 15.2. The van der Waals surface area contributed by atoms with Crippen LogP contribution in [0.3, 0.4) is 0 Å². The van der Waals surface area contributed by atoms with Gasteiger partial charge in [0.25, 0.3) is 0 Å². The van der Waals surface area contributed by atoms with Crippen LogP contribution in [-0.4, -0.2) is 27.5 Å². The highest BCUT2D eigenvalue weighted by Crippen LogP contribution is 2.54. The monoisotopic (exact) mass is 311 g/mol. The first-order valence-corrected chi connectivity index (χ1v) is 8.97. The number of hydrogen-bond acceptors (Lipinski definition) is 2. The normalized spacial score (nSPS) is 31.6. The lowest BCUT2D eigenvalue weighted by molar-refractivity contribution is 0.118. The maximum Gasteiger partial charge on any atom is 0.124 e. The van der Waals surface area contributed by atoms with E-state index in [0.717, 1.165) is 11.3 Å². The van der Waals surface area contributed by atoms with Gasteiger partial charge in [-0.3, -0.25) is 4.90 Å². The third-order valence-corrected chi connectivity index (χ3v) is 6.00. The van der Waals surface area contributed by atoms with Gasteiger partial charge in [0, 0.05) is 12.6 Å². The minimum atomic E-state index is 0.364. The highest BCUT2D eigenvalue weighted by Gasteiger charge is 2.50. The number of nitrogens with zero attached hydrogens (tertiary/aromatic N) is 2. The van der Waals surface area contributed by atoms with Gasteiger partial charge in [0.2, 0.25) is 0 Å². The third-order valence-electron chi connectivity index (χ3n) is 6.00. The second-order valence-corrected chi connectivity index (χ2v) is 9.20. The number of aromatic amines is 1. The number of imidazole rings is 1. The molecule has 1 aliphatic carbocycles. The lowest BCUT2D eigenvalue weighted by Crippen LogP contribution is -2.36. The number of nitrogens with one attached hydrogen (secondary N) is 1. The number of H-pyrrole nitrogens is 1. The summed E-state index contributed by atoms with van der Waals surface area (Å²) in [5.41, 5.74) is 4.48. The van der Waals surface area contributed by atoms with Gasteiger partial charge in [0.05, 0.1) is 17.1 Å². The van der Waals surface area contributed by atoms with E-state index in [-0.39, 0.29) is 0 Å². The Morgan fingerprint density at radius 1 is 1.26 bits per heavy atom. The lowest BCUT2D eigenvalue weighted by Gasteiger charge is -2.40. The van der Waals surface area contributed by atoms with Crippen LogP contribution in [0.5, 0.6) is 0 Å². The smallest absolute Gasteiger partial charge is 0.124 e. The molecule has 4 rings (SSSR count). The Hall–Kier alpha value is -1.35. The molecule has 2 bridgehead atoms. The Labute approximate surface area is 139 Å². The second-order valence-electron chi connectivity index (χ2n) is 9.20. The minimum absolute atomic E-state index is 0.364. The molecular formula is C20H29N3. The summed E-state index contributed by atoms with van der Waals surface area (Å²) in [5.74, 6) is 1.12. The standard InChI is InChI=1S/C20H29N3/c1-13-6-7-16-17(8-13)22-18(21-16)14(2)23-12-20(5)10-15(23)9-19(3,4)11-20/h6-8,14-15H,9-12H2,1-5H3,(H,21,22). The molecule has 1 aromatic heterocycles. The number of aromatic nitrogens is 2. The average molecular weight is 311 g/mol. The number of fused-ring (bicyclic) bond motifs is 3. The van der Waals surface area contributed by atoms with Crippen molar-refractivity contribution in [1.82, 2.24) is 14.9 Å². The Balaban J connectivity index is 1.64. The average Bonchev–Trinajstić information content (AvgIpc) is 2.94. The summed E-state index contributed by atoms with van der Waals surface area (Å²) >= 11 is 0. The summed E-state index contributed by atoms with van der Waals surface area (Å²) < 4.78 is 0. The first-order valence-electron chi connectivity index (χ1n) is 8.97. The molecule has 124 valence electrons. The molecule has 1 saturated carbocycles. The van der Waals surface area contributed by atoms with Crippen LogP contribution in [0, 0.1) is 17.8 Å². The highest BCUT2D eigenvalue weighted by molar-refractivity contribution is 5.75. The fraction of sp³-hybridized carbons (Fsp3) is 0.650. The van der Waals surface area contributed by atoms with Gasteiger partial charge in [-0.05, 0) is 61.6 Å². The fourth-order valence-corrected chi connectivity index (χ4v) is 5.45. The van der Waals surface area contributed by atoms with Crippen LogP contribution >= 0.6 is 0 Å². The number of likely N-dealkylation sites (tertiary alicyclic amines) is 1. The van der Waals surface area contributed by atoms with E-state index in [1.807, 2.05) is 0 Å². The lowest BCUT2D eigenvalue weighted by atomic mass is 9.65. The molecule has 3 nitrogen and oxygen atoms in total. The molecule has 1 saturated heterocycles.